The Balaban J connectivity index is 1.52. The molecule has 1 heterocycles. The number of anilines is 3. The van der Waals surface area contributed by atoms with Gasteiger partial charge in [0.15, 0.2) is 0 Å². The first-order valence-corrected chi connectivity index (χ1v) is 13.7. The second-order valence-corrected chi connectivity index (χ2v) is 12.3. The van der Waals surface area contributed by atoms with Crippen molar-refractivity contribution in [2.45, 2.75) is 52.4 Å². The molecule has 0 radical (unpaired) electrons. The van der Waals surface area contributed by atoms with Crippen LogP contribution in [0, 0.1) is 0 Å². The molecule has 0 amide bonds. The molecule has 4 aromatic carbocycles. The van der Waals surface area contributed by atoms with E-state index >= 15 is 0 Å². The van der Waals surface area contributed by atoms with E-state index in [4.69, 9.17) is 0 Å². The zero-order valence-corrected chi connectivity index (χ0v) is 23.9. The Hall–Kier alpha value is -4.17. The average Bonchev–Trinajstić information content (AvgIpc) is 2.94. The molecule has 2 heteroatoms. The molecule has 0 aliphatic heterocycles. The van der Waals surface area contributed by atoms with Crippen LogP contribution >= 0.6 is 0 Å². The van der Waals surface area contributed by atoms with Crippen LogP contribution in [0.5, 0.6) is 0 Å². The lowest BCUT2D eigenvalue weighted by molar-refractivity contribution is 0.590. The van der Waals surface area contributed by atoms with Crippen molar-refractivity contribution in [2.24, 2.45) is 0 Å². The quantitative estimate of drug-likeness (QED) is 0.234. The lowest BCUT2D eigenvalue weighted by atomic mass is 9.86. The van der Waals surface area contributed by atoms with Gasteiger partial charge in [-0.2, -0.15) is 0 Å². The number of nitrogens with zero attached hydrogens (tertiary/aromatic N) is 2. The summed E-state index contributed by atoms with van der Waals surface area (Å²) in [7, 11) is 0. The van der Waals surface area contributed by atoms with Crippen molar-refractivity contribution in [1.82, 2.24) is 4.98 Å². The number of benzene rings is 4. The van der Waals surface area contributed by atoms with Gasteiger partial charge in [0.25, 0.3) is 0 Å². The highest BCUT2D eigenvalue weighted by molar-refractivity contribution is 5.79. The standard InChI is InChI=1S/C37H38N2/c1-36(2,3)30-15-21-33(22-16-30)39(34-23-17-31(18-24-34)37(4,5)6)32-19-13-27(14-20-32)28-10-9-11-29(26-28)35-12-7-8-25-38-35/h7-26H,1-6H3. The molecule has 39 heavy (non-hydrogen) atoms. The van der Waals surface area contributed by atoms with E-state index in [-0.39, 0.29) is 10.8 Å². The molecule has 0 N–H and O–H groups in total. The van der Waals surface area contributed by atoms with Gasteiger partial charge < -0.3 is 4.90 Å². The molecule has 0 fully saturated rings. The molecular formula is C37H38N2. The minimum absolute atomic E-state index is 0.114. The average molecular weight is 511 g/mol. The highest BCUT2D eigenvalue weighted by Gasteiger charge is 2.18. The smallest absolute Gasteiger partial charge is 0.0702 e. The normalized spacial score (nSPS) is 11.8. The molecule has 0 unspecified atom stereocenters. The van der Waals surface area contributed by atoms with Crippen LogP contribution in [0.25, 0.3) is 22.4 Å². The van der Waals surface area contributed by atoms with E-state index in [1.807, 2.05) is 18.3 Å². The van der Waals surface area contributed by atoms with E-state index in [9.17, 15) is 0 Å². The summed E-state index contributed by atoms with van der Waals surface area (Å²) >= 11 is 0. The second kappa shape index (κ2) is 10.5. The summed E-state index contributed by atoms with van der Waals surface area (Å²) in [5.41, 5.74) is 10.8. The van der Waals surface area contributed by atoms with Crippen LogP contribution in [0.2, 0.25) is 0 Å². The van der Waals surface area contributed by atoms with E-state index in [1.165, 1.54) is 22.3 Å². The fourth-order valence-electron chi connectivity index (χ4n) is 4.86. The van der Waals surface area contributed by atoms with E-state index in [1.54, 1.807) is 0 Å². The molecule has 0 spiro atoms. The Morgan fingerprint density at radius 2 is 0.949 bits per heavy atom. The lowest BCUT2D eigenvalue weighted by Gasteiger charge is -2.28. The van der Waals surface area contributed by atoms with Gasteiger partial charge in [-0.15, -0.1) is 0 Å². The Labute approximate surface area is 234 Å². The summed E-state index contributed by atoms with van der Waals surface area (Å²) in [5.74, 6) is 0. The molecular weight excluding hydrogens is 472 g/mol. The van der Waals surface area contributed by atoms with Crippen LogP contribution in [-0.4, -0.2) is 4.98 Å². The van der Waals surface area contributed by atoms with E-state index in [0.717, 1.165) is 28.3 Å². The van der Waals surface area contributed by atoms with Gasteiger partial charge >= 0.3 is 0 Å². The van der Waals surface area contributed by atoms with Crippen molar-refractivity contribution in [1.29, 1.82) is 0 Å². The monoisotopic (exact) mass is 510 g/mol. The zero-order valence-electron chi connectivity index (χ0n) is 23.9. The number of hydrogen-bond acceptors (Lipinski definition) is 2. The van der Waals surface area contributed by atoms with Crippen molar-refractivity contribution in [3.63, 3.8) is 0 Å². The topological polar surface area (TPSA) is 16.1 Å². The Bertz CT molecular complexity index is 1460. The van der Waals surface area contributed by atoms with Gasteiger partial charge in [0.1, 0.15) is 0 Å². The van der Waals surface area contributed by atoms with Crippen LogP contribution in [0.1, 0.15) is 52.7 Å². The van der Waals surface area contributed by atoms with Crippen molar-refractivity contribution < 1.29 is 0 Å². The number of aromatic nitrogens is 1. The Morgan fingerprint density at radius 3 is 1.41 bits per heavy atom. The van der Waals surface area contributed by atoms with Crippen molar-refractivity contribution >= 4 is 17.1 Å². The second-order valence-electron chi connectivity index (χ2n) is 12.3. The largest absolute Gasteiger partial charge is 0.311 e. The van der Waals surface area contributed by atoms with Crippen molar-refractivity contribution in [2.75, 3.05) is 4.90 Å². The maximum Gasteiger partial charge on any atom is 0.0702 e. The van der Waals surface area contributed by atoms with Gasteiger partial charge in [-0.25, -0.2) is 0 Å². The van der Waals surface area contributed by atoms with Gasteiger partial charge in [0.05, 0.1) is 5.69 Å². The Kier molecular flexibility index (Phi) is 7.14. The number of rotatable bonds is 5. The summed E-state index contributed by atoms with van der Waals surface area (Å²) in [4.78, 5) is 6.86. The molecule has 2 nitrogen and oxygen atoms in total. The first kappa shape index (κ1) is 26.4. The van der Waals surface area contributed by atoms with Crippen LogP contribution in [-0.2, 0) is 10.8 Å². The van der Waals surface area contributed by atoms with Crippen molar-refractivity contribution in [3.05, 3.63) is 133 Å². The molecule has 0 atom stereocenters. The highest BCUT2D eigenvalue weighted by atomic mass is 15.1. The molecule has 0 saturated carbocycles. The molecule has 1 aromatic heterocycles. The van der Waals surface area contributed by atoms with Gasteiger partial charge in [-0.05, 0) is 87.7 Å². The third-order valence-electron chi connectivity index (χ3n) is 7.27. The molecule has 196 valence electrons. The number of pyridine rings is 1. The van der Waals surface area contributed by atoms with Crippen LogP contribution < -0.4 is 4.90 Å². The van der Waals surface area contributed by atoms with Crippen LogP contribution in [0.3, 0.4) is 0 Å². The molecule has 0 aliphatic carbocycles. The van der Waals surface area contributed by atoms with Crippen LogP contribution in [0.15, 0.2) is 121 Å². The predicted molar refractivity (Wildman–Crippen MR) is 167 cm³/mol. The molecule has 5 aromatic rings. The van der Waals surface area contributed by atoms with Gasteiger partial charge in [-0.3, -0.25) is 4.98 Å². The van der Waals surface area contributed by atoms with E-state index < -0.39 is 0 Å². The third-order valence-corrected chi connectivity index (χ3v) is 7.27. The SMILES string of the molecule is CC(C)(C)c1ccc(N(c2ccc(-c3cccc(-c4ccccn4)c3)cc2)c2ccc(C(C)(C)C)cc2)cc1. The highest BCUT2D eigenvalue weighted by Crippen LogP contribution is 2.38. The molecule has 5 rings (SSSR count). The molecule has 0 bridgehead atoms. The fraction of sp³-hybridized carbons (Fsp3) is 0.216. The molecule has 0 saturated heterocycles. The van der Waals surface area contributed by atoms with Gasteiger partial charge in [0.2, 0.25) is 0 Å². The van der Waals surface area contributed by atoms with E-state index in [2.05, 4.69) is 155 Å². The number of hydrogen-bond donors (Lipinski definition) is 0. The maximum absolute atomic E-state index is 4.52. The summed E-state index contributed by atoms with van der Waals surface area (Å²) < 4.78 is 0. The summed E-state index contributed by atoms with van der Waals surface area (Å²) in [5, 5.41) is 0. The molecule has 0 aliphatic rings. The summed E-state index contributed by atoms with van der Waals surface area (Å²) in [6, 6.07) is 41.5. The minimum atomic E-state index is 0.114. The van der Waals surface area contributed by atoms with Gasteiger partial charge in [-0.1, -0.05) is 102 Å². The van der Waals surface area contributed by atoms with Crippen LogP contribution in [0.4, 0.5) is 17.1 Å². The predicted octanol–water partition coefficient (Wildman–Crippen LogP) is 10.5. The van der Waals surface area contributed by atoms with Crippen molar-refractivity contribution in [3.8, 4) is 22.4 Å². The fourth-order valence-corrected chi connectivity index (χ4v) is 4.86. The minimum Gasteiger partial charge on any atom is -0.311 e. The lowest BCUT2D eigenvalue weighted by Crippen LogP contribution is -2.14. The Morgan fingerprint density at radius 1 is 0.462 bits per heavy atom. The first-order chi connectivity index (χ1) is 18.6. The van der Waals surface area contributed by atoms with Gasteiger partial charge in [0, 0.05) is 28.8 Å². The summed E-state index contributed by atoms with van der Waals surface area (Å²) in [6.07, 6.45) is 1.84. The summed E-state index contributed by atoms with van der Waals surface area (Å²) in [6.45, 7) is 13.5. The maximum atomic E-state index is 4.52. The third kappa shape index (κ3) is 5.96. The zero-order chi connectivity index (χ0) is 27.6. The van der Waals surface area contributed by atoms with E-state index in [0.29, 0.717) is 0 Å². The first-order valence-electron chi connectivity index (χ1n) is 13.7.